The Balaban J connectivity index is 3.21. The van der Waals surface area contributed by atoms with Gasteiger partial charge in [-0.1, -0.05) is 0 Å². The molecule has 0 radical (unpaired) electrons. The number of aldehydes is 4. The van der Waals surface area contributed by atoms with E-state index in [0.717, 1.165) is 0 Å². The Kier molecular flexibility index (Phi) is 2.38. The monoisotopic (exact) mass is 184 g/mol. The van der Waals surface area contributed by atoms with Crippen molar-refractivity contribution in [3.8, 4) is 0 Å². The van der Waals surface area contributed by atoms with Crippen molar-refractivity contribution < 1.29 is 23.9 Å². The molecular weight excluding hydrogens is 176 g/mol. The molecule has 0 spiro atoms. The minimum atomic E-state index is -1.91. The first-order chi connectivity index (χ1) is 6.20. The van der Waals surface area contributed by atoms with Crippen LogP contribution in [0.15, 0.2) is 0 Å². The van der Waals surface area contributed by atoms with E-state index >= 15 is 0 Å². The van der Waals surface area contributed by atoms with Crippen LogP contribution in [0, 0.1) is 5.41 Å². The number of carbonyl (C=O) groups is 4. The molecule has 0 N–H and O–H groups in total. The van der Waals surface area contributed by atoms with Crippen LogP contribution in [0.1, 0.15) is 6.42 Å². The van der Waals surface area contributed by atoms with Crippen LogP contribution in [-0.2, 0) is 23.9 Å². The maximum Gasteiger partial charge on any atom is 0.197 e. The molecular formula is C8H8O5. The smallest absolute Gasteiger partial charge is 0.197 e. The second kappa shape index (κ2) is 3.18. The van der Waals surface area contributed by atoms with Gasteiger partial charge >= 0.3 is 0 Å². The first kappa shape index (κ1) is 9.73. The van der Waals surface area contributed by atoms with Gasteiger partial charge in [-0.05, 0) is 6.42 Å². The molecule has 0 aromatic heterocycles. The Morgan fingerprint density at radius 3 is 1.77 bits per heavy atom. The molecule has 1 saturated heterocycles. The Labute approximate surface area is 74.0 Å². The van der Waals surface area contributed by atoms with Crippen LogP contribution in [-0.4, -0.2) is 37.4 Å². The van der Waals surface area contributed by atoms with Crippen molar-refractivity contribution in [3.63, 3.8) is 0 Å². The molecule has 5 nitrogen and oxygen atoms in total. The Hall–Kier alpha value is -1.36. The molecule has 1 heterocycles. The Morgan fingerprint density at radius 2 is 1.46 bits per heavy atom. The predicted octanol–water partition coefficient (Wildman–Crippen LogP) is -1.07. The summed E-state index contributed by atoms with van der Waals surface area (Å²) in [7, 11) is 0. The number of rotatable bonds is 4. The quantitative estimate of drug-likeness (QED) is 0.410. The molecule has 0 aromatic rings. The highest BCUT2D eigenvalue weighted by molar-refractivity contribution is 6.03. The van der Waals surface area contributed by atoms with Gasteiger partial charge in [0.1, 0.15) is 18.0 Å². The van der Waals surface area contributed by atoms with Crippen LogP contribution >= 0.6 is 0 Å². The van der Waals surface area contributed by atoms with E-state index < -0.39 is 11.0 Å². The zero-order valence-corrected chi connectivity index (χ0v) is 6.76. The summed E-state index contributed by atoms with van der Waals surface area (Å²) in [6.07, 6.45) is 1.08. The highest BCUT2D eigenvalue weighted by atomic mass is 16.5. The van der Waals surface area contributed by atoms with Crippen LogP contribution in [0.25, 0.3) is 0 Å². The van der Waals surface area contributed by atoms with Crippen molar-refractivity contribution in [3.05, 3.63) is 0 Å². The van der Waals surface area contributed by atoms with Crippen molar-refractivity contribution in [2.75, 3.05) is 6.61 Å². The molecule has 1 aliphatic rings. The SMILES string of the molecule is O=CC1(C=O)CCOC1(C=O)C=O. The maximum atomic E-state index is 10.7. The summed E-state index contributed by atoms with van der Waals surface area (Å²) in [5, 5.41) is 0. The third kappa shape index (κ3) is 1.04. The summed E-state index contributed by atoms with van der Waals surface area (Å²) in [6.45, 7) is 0.0506. The first-order valence-corrected chi connectivity index (χ1v) is 3.69. The van der Waals surface area contributed by atoms with Gasteiger partial charge < -0.3 is 14.3 Å². The van der Waals surface area contributed by atoms with E-state index in [2.05, 4.69) is 0 Å². The Morgan fingerprint density at radius 1 is 0.923 bits per heavy atom. The van der Waals surface area contributed by atoms with Crippen LogP contribution in [0.3, 0.4) is 0 Å². The standard InChI is InChI=1S/C8H8O5/c9-3-7(4-10)1-2-13-8(7,5-11)6-12/h3-6H,1-2H2. The van der Waals surface area contributed by atoms with Crippen LogP contribution in [0.5, 0.6) is 0 Å². The number of hydrogen-bond donors (Lipinski definition) is 0. The third-order valence-corrected chi connectivity index (χ3v) is 2.35. The van der Waals surface area contributed by atoms with E-state index in [0.29, 0.717) is 12.6 Å². The fourth-order valence-electron chi connectivity index (χ4n) is 1.36. The molecule has 0 aromatic carbocycles. The highest BCUT2D eigenvalue weighted by Gasteiger charge is 2.57. The predicted molar refractivity (Wildman–Crippen MR) is 40.0 cm³/mol. The molecule has 0 saturated carbocycles. The summed E-state index contributed by atoms with van der Waals surface area (Å²) >= 11 is 0. The van der Waals surface area contributed by atoms with Gasteiger partial charge in [0.25, 0.3) is 0 Å². The second-order valence-corrected chi connectivity index (χ2v) is 2.90. The summed E-state index contributed by atoms with van der Waals surface area (Å²) < 4.78 is 4.84. The van der Waals surface area contributed by atoms with Gasteiger partial charge in [0, 0.05) is 0 Å². The molecule has 0 amide bonds. The molecule has 70 valence electrons. The van der Waals surface area contributed by atoms with E-state index in [-0.39, 0.29) is 25.6 Å². The van der Waals surface area contributed by atoms with Gasteiger partial charge in [-0.2, -0.15) is 0 Å². The molecule has 1 rings (SSSR count). The van der Waals surface area contributed by atoms with E-state index in [9.17, 15) is 19.2 Å². The first-order valence-electron chi connectivity index (χ1n) is 3.69. The topological polar surface area (TPSA) is 77.5 Å². The third-order valence-electron chi connectivity index (χ3n) is 2.35. The minimum absolute atomic E-state index is 0.0506. The summed E-state index contributed by atoms with van der Waals surface area (Å²) in [6, 6.07) is 0. The van der Waals surface area contributed by atoms with Crippen LogP contribution < -0.4 is 0 Å². The molecule has 5 heteroatoms. The number of ether oxygens (including phenoxy) is 1. The zero-order valence-electron chi connectivity index (χ0n) is 6.76. The highest BCUT2D eigenvalue weighted by Crippen LogP contribution is 2.37. The van der Waals surface area contributed by atoms with E-state index in [1.807, 2.05) is 0 Å². The molecule has 0 bridgehead atoms. The molecule has 0 unspecified atom stereocenters. The average Bonchev–Trinajstić information content (AvgIpc) is 2.57. The van der Waals surface area contributed by atoms with E-state index in [1.54, 1.807) is 0 Å². The molecule has 1 aliphatic heterocycles. The van der Waals surface area contributed by atoms with Crippen molar-refractivity contribution in [2.24, 2.45) is 5.41 Å². The Bertz CT molecular complexity index is 215. The average molecular weight is 184 g/mol. The van der Waals surface area contributed by atoms with Crippen molar-refractivity contribution in [1.29, 1.82) is 0 Å². The molecule has 13 heavy (non-hydrogen) atoms. The lowest BCUT2D eigenvalue weighted by atomic mass is 9.75. The summed E-state index contributed by atoms with van der Waals surface area (Å²) in [5.41, 5.74) is -3.53. The zero-order chi connectivity index (χ0) is 9.95. The largest absolute Gasteiger partial charge is 0.358 e. The summed E-state index contributed by atoms with van der Waals surface area (Å²) in [5.74, 6) is 0. The maximum absolute atomic E-state index is 10.7. The van der Waals surface area contributed by atoms with Gasteiger partial charge in [-0.25, -0.2) is 0 Å². The lowest BCUT2D eigenvalue weighted by Gasteiger charge is -2.26. The number of hydrogen-bond acceptors (Lipinski definition) is 5. The van der Waals surface area contributed by atoms with Gasteiger partial charge in [-0.3, -0.25) is 9.59 Å². The second-order valence-electron chi connectivity index (χ2n) is 2.90. The van der Waals surface area contributed by atoms with Crippen LogP contribution in [0.4, 0.5) is 0 Å². The van der Waals surface area contributed by atoms with Gasteiger partial charge in [-0.15, -0.1) is 0 Å². The van der Waals surface area contributed by atoms with Crippen molar-refractivity contribution in [2.45, 2.75) is 12.0 Å². The minimum Gasteiger partial charge on any atom is -0.358 e. The van der Waals surface area contributed by atoms with Gasteiger partial charge in [0.15, 0.2) is 18.2 Å². The molecule has 1 fully saturated rings. The molecule has 0 atom stereocenters. The number of carbonyl (C=O) groups excluding carboxylic acids is 4. The van der Waals surface area contributed by atoms with Crippen molar-refractivity contribution >= 4 is 25.1 Å². The van der Waals surface area contributed by atoms with E-state index in [1.165, 1.54) is 0 Å². The lowest BCUT2D eigenvalue weighted by molar-refractivity contribution is -0.153. The van der Waals surface area contributed by atoms with Crippen LogP contribution in [0.2, 0.25) is 0 Å². The van der Waals surface area contributed by atoms with Crippen molar-refractivity contribution in [1.82, 2.24) is 0 Å². The van der Waals surface area contributed by atoms with E-state index in [4.69, 9.17) is 4.74 Å². The fraction of sp³-hybridized carbons (Fsp3) is 0.500. The van der Waals surface area contributed by atoms with Gasteiger partial charge in [0.2, 0.25) is 0 Å². The molecule has 0 aliphatic carbocycles. The lowest BCUT2D eigenvalue weighted by Crippen LogP contribution is -2.50. The van der Waals surface area contributed by atoms with Gasteiger partial charge in [0.05, 0.1) is 6.61 Å². The fourth-order valence-corrected chi connectivity index (χ4v) is 1.36. The normalized spacial score (nSPS) is 23.4. The summed E-state index contributed by atoms with van der Waals surface area (Å²) in [4.78, 5) is 42.6.